The summed E-state index contributed by atoms with van der Waals surface area (Å²) >= 11 is 0. The molecule has 0 spiro atoms. The number of amides is 1. The van der Waals surface area contributed by atoms with Crippen LogP contribution >= 0.6 is 0 Å². The number of rotatable bonds is 1. The zero-order valence-electron chi connectivity index (χ0n) is 7.09. The molecule has 3 nitrogen and oxygen atoms in total. The van der Waals surface area contributed by atoms with Crippen molar-refractivity contribution in [1.82, 2.24) is 5.32 Å². The smallest absolute Gasteiger partial charge is 0.255 e. The van der Waals surface area contributed by atoms with Crippen molar-refractivity contribution in [2.75, 3.05) is 7.05 Å². The van der Waals surface area contributed by atoms with Crippen molar-refractivity contribution < 1.29 is 9.90 Å². The van der Waals surface area contributed by atoms with Gasteiger partial charge in [0, 0.05) is 7.05 Å². The van der Waals surface area contributed by atoms with Crippen LogP contribution in [0.4, 0.5) is 0 Å². The highest BCUT2D eigenvalue weighted by Crippen LogP contribution is 2.19. The average molecular weight is 165 g/mol. The first kappa shape index (κ1) is 8.59. The first-order valence-corrected chi connectivity index (χ1v) is 3.67. The van der Waals surface area contributed by atoms with Crippen LogP contribution in [0.15, 0.2) is 18.2 Å². The van der Waals surface area contributed by atoms with Crippen LogP contribution in [0.3, 0.4) is 0 Å². The minimum absolute atomic E-state index is 0.0225. The summed E-state index contributed by atoms with van der Waals surface area (Å²) in [5.41, 5.74) is 1.12. The average Bonchev–Trinajstić information content (AvgIpc) is 2.03. The second-order valence-electron chi connectivity index (χ2n) is 2.55. The molecule has 0 aliphatic rings. The number of carbonyl (C=O) groups is 1. The molecule has 64 valence electrons. The maximum absolute atomic E-state index is 11.2. The Morgan fingerprint density at radius 1 is 1.50 bits per heavy atom. The zero-order chi connectivity index (χ0) is 9.14. The molecular formula is C9H11NO2. The summed E-state index contributed by atoms with van der Waals surface area (Å²) in [6.07, 6.45) is 0. The molecule has 0 radical (unpaired) electrons. The molecular weight excluding hydrogens is 154 g/mol. The minimum atomic E-state index is -0.259. The van der Waals surface area contributed by atoms with Crippen molar-refractivity contribution in [3.63, 3.8) is 0 Å². The fourth-order valence-corrected chi connectivity index (χ4v) is 1.07. The number of aryl methyl sites for hydroxylation is 1. The van der Waals surface area contributed by atoms with Gasteiger partial charge in [0.15, 0.2) is 0 Å². The number of nitrogens with one attached hydrogen (secondary N) is 1. The molecule has 0 aromatic heterocycles. The summed E-state index contributed by atoms with van der Waals surface area (Å²) < 4.78 is 0. The molecule has 0 heterocycles. The first-order chi connectivity index (χ1) is 5.66. The fraction of sp³-hybridized carbons (Fsp3) is 0.222. The Labute approximate surface area is 71.0 Å². The van der Waals surface area contributed by atoms with Gasteiger partial charge in [-0.2, -0.15) is 0 Å². The summed E-state index contributed by atoms with van der Waals surface area (Å²) in [5, 5.41) is 11.8. The Balaban J connectivity index is 3.21. The van der Waals surface area contributed by atoms with Gasteiger partial charge in [-0.1, -0.05) is 12.1 Å². The predicted octanol–water partition coefficient (Wildman–Crippen LogP) is 1.06. The van der Waals surface area contributed by atoms with Gasteiger partial charge < -0.3 is 10.4 Å². The lowest BCUT2D eigenvalue weighted by molar-refractivity contribution is 0.0960. The number of phenols is 1. The lowest BCUT2D eigenvalue weighted by Crippen LogP contribution is -2.18. The van der Waals surface area contributed by atoms with Crippen LogP contribution in [-0.2, 0) is 0 Å². The topological polar surface area (TPSA) is 49.3 Å². The van der Waals surface area contributed by atoms with E-state index >= 15 is 0 Å². The molecule has 1 aromatic carbocycles. The standard InChI is InChI=1S/C9H11NO2/c1-6-4-3-5-7(11)8(6)9(12)10-2/h3-5,11H,1-2H3,(H,10,12). The Bertz CT molecular complexity index is 287. The largest absolute Gasteiger partial charge is 0.507 e. The Kier molecular flexibility index (Phi) is 2.33. The number of hydrogen-bond donors (Lipinski definition) is 2. The molecule has 0 unspecified atom stereocenters. The summed E-state index contributed by atoms with van der Waals surface area (Å²) in [4.78, 5) is 11.2. The molecule has 0 saturated carbocycles. The zero-order valence-corrected chi connectivity index (χ0v) is 7.09. The molecule has 0 aliphatic carbocycles. The van der Waals surface area contributed by atoms with Crippen LogP contribution in [0.2, 0.25) is 0 Å². The SMILES string of the molecule is CNC(=O)c1c(C)cccc1O. The number of aromatic hydroxyl groups is 1. The number of benzene rings is 1. The van der Waals surface area contributed by atoms with Gasteiger partial charge in [0.05, 0.1) is 5.56 Å². The van der Waals surface area contributed by atoms with Gasteiger partial charge in [0.2, 0.25) is 0 Å². The number of carbonyl (C=O) groups excluding carboxylic acids is 1. The third-order valence-corrected chi connectivity index (χ3v) is 1.70. The normalized spacial score (nSPS) is 9.50. The van der Waals surface area contributed by atoms with Crippen molar-refractivity contribution in [2.45, 2.75) is 6.92 Å². The first-order valence-electron chi connectivity index (χ1n) is 3.67. The Hall–Kier alpha value is -1.51. The maximum atomic E-state index is 11.2. The summed E-state index contributed by atoms with van der Waals surface area (Å²) in [6, 6.07) is 4.99. The molecule has 0 bridgehead atoms. The van der Waals surface area contributed by atoms with Crippen LogP contribution < -0.4 is 5.32 Å². The lowest BCUT2D eigenvalue weighted by Gasteiger charge is -2.05. The highest BCUT2D eigenvalue weighted by atomic mass is 16.3. The number of phenolic OH excluding ortho intramolecular Hbond substituents is 1. The second-order valence-corrected chi connectivity index (χ2v) is 2.55. The monoisotopic (exact) mass is 165 g/mol. The van der Waals surface area contributed by atoms with Gasteiger partial charge in [-0.25, -0.2) is 0 Å². The third-order valence-electron chi connectivity index (χ3n) is 1.70. The molecule has 3 heteroatoms. The molecule has 1 amide bonds. The molecule has 12 heavy (non-hydrogen) atoms. The van der Waals surface area contributed by atoms with Crippen LogP contribution in [0, 0.1) is 6.92 Å². The van der Waals surface area contributed by atoms with Gasteiger partial charge in [0.1, 0.15) is 5.75 Å². The highest BCUT2D eigenvalue weighted by molar-refractivity contribution is 5.97. The molecule has 1 rings (SSSR count). The second kappa shape index (κ2) is 3.26. The van der Waals surface area contributed by atoms with Crippen LogP contribution in [0.5, 0.6) is 5.75 Å². The summed E-state index contributed by atoms with van der Waals surface area (Å²) in [6.45, 7) is 1.78. The summed E-state index contributed by atoms with van der Waals surface area (Å²) in [5.74, 6) is -0.236. The van der Waals surface area contributed by atoms with Crippen molar-refractivity contribution >= 4 is 5.91 Å². The van der Waals surface area contributed by atoms with Crippen molar-refractivity contribution in [1.29, 1.82) is 0 Å². The van der Waals surface area contributed by atoms with E-state index in [-0.39, 0.29) is 11.7 Å². The van der Waals surface area contributed by atoms with Crippen molar-refractivity contribution in [2.24, 2.45) is 0 Å². The van der Waals surface area contributed by atoms with Gasteiger partial charge in [0.25, 0.3) is 5.91 Å². The van der Waals surface area contributed by atoms with E-state index in [0.717, 1.165) is 5.56 Å². The van der Waals surface area contributed by atoms with E-state index in [4.69, 9.17) is 0 Å². The van der Waals surface area contributed by atoms with Crippen LogP contribution in [0.1, 0.15) is 15.9 Å². The fourth-order valence-electron chi connectivity index (χ4n) is 1.07. The lowest BCUT2D eigenvalue weighted by atomic mass is 10.1. The highest BCUT2D eigenvalue weighted by Gasteiger charge is 2.10. The third kappa shape index (κ3) is 1.39. The summed E-state index contributed by atoms with van der Waals surface area (Å²) in [7, 11) is 1.54. The molecule has 2 N–H and O–H groups in total. The molecule has 0 saturated heterocycles. The Morgan fingerprint density at radius 2 is 2.17 bits per heavy atom. The minimum Gasteiger partial charge on any atom is -0.507 e. The van der Waals surface area contributed by atoms with Crippen LogP contribution in [0.25, 0.3) is 0 Å². The van der Waals surface area contributed by atoms with E-state index in [1.807, 2.05) is 0 Å². The number of hydrogen-bond acceptors (Lipinski definition) is 2. The van der Waals surface area contributed by atoms with E-state index in [9.17, 15) is 9.90 Å². The van der Waals surface area contributed by atoms with E-state index in [1.165, 1.54) is 13.1 Å². The van der Waals surface area contributed by atoms with Crippen molar-refractivity contribution in [3.8, 4) is 5.75 Å². The molecule has 0 atom stereocenters. The van der Waals surface area contributed by atoms with E-state index in [2.05, 4.69) is 5.32 Å². The van der Waals surface area contributed by atoms with Crippen LogP contribution in [-0.4, -0.2) is 18.1 Å². The van der Waals surface area contributed by atoms with Gasteiger partial charge >= 0.3 is 0 Å². The molecule has 0 fully saturated rings. The maximum Gasteiger partial charge on any atom is 0.255 e. The van der Waals surface area contributed by atoms with Crippen molar-refractivity contribution in [3.05, 3.63) is 29.3 Å². The quantitative estimate of drug-likeness (QED) is 0.653. The molecule has 1 aromatic rings. The van der Waals surface area contributed by atoms with Gasteiger partial charge in [-0.05, 0) is 18.6 Å². The predicted molar refractivity (Wildman–Crippen MR) is 46.2 cm³/mol. The van der Waals surface area contributed by atoms with E-state index in [1.54, 1.807) is 19.1 Å². The van der Waals surface area contributed by atoms with E-state index < -0.39 is 0 Å². The van der Waals surface area contributed by atoms with Gasteiger partial charge in [-0.3, -0.25) is 4.79 Å². The Morgan fingerprint density at radius 3 is 2.67 bits per heavy atom. The van der Waals surface area contributed by atoms with Gasteiger partial charge in [-0.15, -0.1) is 0 Å². The van der Waals surface area contributed by atoms with E-state index in [0.29, 0.717) is 5.56 Å². The molecule has 0 aliphatic heterocycles.